The van der Waals surface area contributed by atoms with Gasteiger partial charge in [-0.1, -0.05) is 18.2 Å². The van der Waals surface area contributed by atoms with Crippen molar-refractivity contribution in [3.63, 3.8) is 0 Å². The molecule has 112 valence electrons. The summed E-state index contributed by atoms with van der Waals surface area (Å²) in [6, 6.07) is 12.0. The third-order valence-corrected chi connectivity index (χ3v) is 4.51. The molecule has 20 heavy (non-hydrogen) atoms. The number of rotatable bonds is 6. The second-order valence-corrected chi connectivity index (χ2v) is 6.12. The van der Waals surface area contributed by atoms with E-state index in [0.29, 0.717) is 12.1 Å². The highest BCUT2D eigenvalue weighted by molar-refractivity contribution is 5.44. The zero-order valence-corrected chi connectivity index (χ0v) is 13.2. The Morgan fingerprint density at radius 3 is 2.75 bits per heavy atom. The molecular weight excluding hydrogens is 246 g/mol. The predicted octanol–water partition coefficient (Wildman–Crippen LogP) is 2.59. The van der Waals surface area contributed by atoms with Crippen LogP contribution in [0.2, 0.25) is 0 Å². The summed E-state index contributed by atoms with van der Waals surface area (Å²) in [6.45, 7) is 5.79. The summed E-state index contributed by atoms with van der Waals surface area (Å²) in [5, 5.41) is 3.73. The number of nitrogens with one attached hydrogen (secondary N) is 1. The van der Waals surface area contributed by atoms with Gasteiger partial charge in [-0.15, -0.1) is 0 Å². The van der Waals surface area contributed by atoms with Gasteiger partial charge in [-0.2, -0.15) is 0 Å². The molecule has 0 aliphatic carbocycles. The van der Waals surface area contributed by atoms with E-state index in [1.165, 1.54) is 31.5 Å². The zero-order valence-electron chi connectivity index (χ0n) is 13.2. The Hall–Kier alpha value is -1.06. The van der Waals surface area contributed by atoms with Gasteiger partial charge < -0.3 is 15.1 Å². The third kappa shape index (κ3) is 4.50. The van der Waals surface area contributed by atoms with Gasteiger partial charge in [0.05, 0.1) is 0 Å². The van der Waals surface area contributed by atoms with Crippen LogP contribution in [0.4, 0.5) is 5.69 Å². The lowest BCUT2D eigenvalue weighted by molar-refractivity contribution is 0.169. The number of likely N-dealkylation sites (tertiary alicyclic amines) is 1. The van der Waals surface area contributed by atoms with Crippen LogP contribution >= 0.6 is 0 Å². The second kappa shape index (κ2) is 7.65. The summed E-state index contributed by atoms with van der Waals surface area (Å²) in [5.41, 5.74) is 1.31. The summed E-state index contributed by atoms with van der Waals surface area (Å²) in [6.07, 6.45) is 3.77. The first-order chi connectivity index (χ1) is 9.66. The molecule has 1 fully saturated rings. The zero-order chi connectivity index (χ0) is 14.4. The Morgan fingerprint density at radius 1 is 1.30 bits per heavy atom. The molecule has 0 amide bonds. The van der Waals surface area contributed by atoms with E-state index in [4.69, 9.17) is 0 Å². The summed E-state index contributed by atoms with van der Waals surface area (Å²) in [4.78, 5) is 4.79. The molecule has 0 spiro atoms. The summed E-state index contributed by atoms with van der Waals surface area (Å²) in [5.74, 6) is 0. The average Bonchev–Trinajstić information content (AvgIpc) is 2.48. The first-order valence-corrected chi connectivity index (χ1v) is 7.86. The van der Waals surface area contributed by atoms with Gasteiger partial charge in [0, 0.05) is 31.4 Å². The van der Waals surface area contributed by atoms with E-state index >= 15 is 0 Å². The Kier molecular flexibility index (Phi) is 5.86. The van der Waals surface area contributed by atoms with Gasteiger partial charge in [0.2, 0.25) is 0 Å². The van der Waals surface area contributed by atoms with Crippen LogP contribution in [0.25, 0.3) is 0 Å². The minimum absolute atomic E-state index is 0.711. The van der Waals surface area contributed by atoms with E-state index < -0.39 is 0 Å². The van der Waals surface area contributed by atoms with E-state index in [9.17, 15) is 0 Å². The highest BCUT2D eigenvalue weighted by atomic mass is 15.1. The van der Waals surface area contributed by atoms with Crippen LogP contribution in [0.3, 0.4) is 0 Å². The molecule has 0 bridgehead atoms. The summed E-state index contributed by atoms with van der Waals surface area (Å²) >= 11 is 0. The SMILES string of the molecule is CC1CC(NCCCN(C)c2ccccc2)CCN1C. The highest BCUT2D eigenvalue weighted by Crippen LogP contribution is 2.15. The van der Waals surface area contributed by atoms with Gasteiger partial charge in [-0.25, -0.2) is 0 Å². The highest BCUT2D eigenvalue weighted by Gasteiger charge is 2.21. The van der Waals surface area contributed by atoms with Crippen molar-refractivity contribution in [2.75, 3.05) is 38.6 Å². The quantitative estimate of drug-likeness (QED) is 0.805. The van der Waals surface area contributed by atoms with Crippen molar-refractivity contribution < 1.29 is 0 Å². The average molecular weight is 275 g/mol. The largest absolute Gasteiger partial charge is 0.375 e. The molecule has 1 heterocycles. The second-order valence-electron chi connectivity index (χ2n) is 6.12. The lowest BCUT2D eigenvalue weighted by Gasteiger charge is -2.35. The van der Waals surface area contributed by atoms with E-state index in [-0.39, 0.29) is 0 Å². The Labute approximate surface area is 124 Å². The Bertz CT molecular complexity index is 379. The fourth-order valence-corrected chi connectivity index (χ4v) is 2.91. The minimum atomic E-state index is 0.711. The standard InChI is InChI=1S/C17H29N3/c1-15-14-16(10-13-19(15)2)18-11-7-12-20(3)17-8-5-4-6-9-17/h4-6,8-9,15-16,18H,7,10-14H2,1-3H3. The van der Waals surface area contributed by atoms with Crippen LogP contribution in [-0.2, 0) is 0 Å². The van der Waals surface area contributed by atoms with Gasteiger partial charge in [0.1, 0.15) is 0 Å². The molecule has 2 atom stereocenters. The first kappa shape index (κ1) is 15.3. The lowest BCUT2D eigenvalue weighted by atomic mass is 9.99. The summed E-state index contributed by atoms with van der Waals surface area (Å²) in [7, 11) is 4.41. The Balaban J connectivity index is 1.62. The summed E-state index contributed by atoms with van der Waals surface area (Å²) < 4.78 is 0. The molecule has 0 saturated carbocycles. The minimum Gasteiger partial charge on any atom is -0.375 e. The van der Waals surface area contributed by atoms with Crippen LogP contribution in [0.15, 0.2) is 30.3 Å². The number of hydrogen-bond donors (Lipinski definition) is 1. The number of para-hydroxylation sites is 1. The van der Waals surface area contributed by atoms with E-state index in [2.05, 4.69) is 66.5 Å². The molecule has 1 aromatic carbocycles. The molecule has 2 unspecified atom stereocenters. The van der Waals surface area contributed by atoms with Gasteiger partial charge in [0.25, 0.3) is 0 Å². The van der Waals surface area contributed by atoms with E-state index in [0.717, 1.165) is 13.1 Å². The monoisotopic (exact) mass is 275 g/mol. The smallest absolute Gasteiger partial charge is 0.0363 e. The number of piperidine rings is 1. The number of benzene rings is 1. The van der Waals surface area contributed by atoms with Crippen LogP contribution < -0.4 is 10.2 Å². The fourth-order valence-electron chi connectivity index (χ4n) is 2.91. The van der Waals surface area contributed by atoms with Gasteiger partial charge in [0.15, 0.2) is 0 Å². The van der Waals surface area contributed by atoms with Crippen molar-refractivity contribution in [3.05, 3.63) is 30.3 Å². The molecule has 1 aliphatic rings. The van der Waals surface area contributed by atoms with Gasteiger partial charge in [-0.05, 0) is 58.5 Å². The van der Waals surface area contributed by atoms with Crippen molar-refractivity contribution in [1.82, 2.24) is 10.2 Å². The molecule has 1 N–H and O–H groups in total. The van der Waals surface area contributed by atoms with Crippen molar-refractivity contribution >= 4 is 5.69 Å². The van der Waals surface area contributed by atoms with Crippen LogP contribution in [0, 0.1) is 0 Å². The number of anilines is 1. The van der Waals surface area contributed by atoms with E-state index in [1.807, 2.05) is 0 Å². The normalized spacial score (nSPS) is 23.8. The third-order valence-electron chi connectivity index (χ3n) is 4.51. The van der Waals surface area contributed by atoms with Crippen molar-refractivity contribution in [3.8, 4) is 0 Å². The van der Waals surface area contributed by atoms with Crippen molar-refractivity contribution in [2.24, 2.45) is 0 Å². The van der Waals surface area contributed by atoms with Crippen molar-refractivity contribution in [1.29, 1.82) is 0 Å². The van der Waals surface area contributed by atoms with Crippen LogP contribution in [-0.4, -0.2) is 50.7 Å². The van der Waals surface area contributed by atoms with Crippen molar-refractivity contribution in [2.45, 2.75) is 38.3 Å². The molecule has 0 radical (unpaired) electrons. The number of nitrogens with zero attached hydrogens (tertiary/aromatic N) is 2. The molecule has 1 saturated heterocycles. The first-order valence-electron chi connectivity index (χ1n) is 7.86. The predicted molar refractivity (Wildman–Crippen MR) is 87.4 cm³/mol. The number of hydrogen-bond acceptors (Lipinski definition) is 3. The molecule has 1 aliphatic heterocycles. The maximum absolute atomic E-state index is 3.73. The molecule has 0 aromatic heterocycles. The molecule has 3 nitrogen and oxygen atoms in total. The van der Waals surface area contributed by atoms with Crippen LogP contribution in [0.5, 0.6) is 0 Å². The fraction of sp³-hybridized carbons (Fsp3) is 0.647. The Morgan fingerprint density at radius 2 is 2.05 bits per heavy atom. The lowest BCUT2D eigenvalue weighted by Crippen LogP contribution is -2.46. The molecule has 1 aromatic rings. The van der Waals surface area contributed by atoms with E-state index in [1.54, 1.807) is 0 Å². The molecular formula is C17H29N3. The van der Waals surface area contributed by atoms with Gasteiger partial charge in [-0.3, -0.25) is 0 Å². The maximum Gasteiger partial charge on any atom is 0.0363 e. The van der Waals surface area contributed by atoms with Crippen LogP contribution in [0.1, 0.15) is 26.2 Å². The molecule has 2 rings (SSSR count). The molecule has 3 heteroatoms. The van der Waals surface area contributed by atoms with Gasteiger partial charge >= 0.3 is 0 Å². The topological polar surface area (TPSA) is 18.5 Å². The maximum atomic E-state index is 3.73.